The van der Waals surface area contributed by atoms with Crippen LogP contribution in [0.2, 0.25) is 0 Å². The lowest BCUT2D eigenvalue weighted by Crippen LogP contribution is -2.32. The fraction of sp³-hybridized carbons (Fsp3) is 0.190. The maximum atomic E-state index is 12.7. The summed E-state index contributed by atoms with van der Waals surface area (Å²) in [5, 5.41) is 5.76. The molecular weight excluding hydrogens is 415 g/mol. The zero-order chi connectivity index (χ0) is 22.9. The number of anilines is 1. The first-order valence-corrected chi connectivity index (χ1v) is 9.06. The Bertz CT molecular complexity index is 975. The van der Waals surface area contributed by atoms with E-state index in [2.05, 4.69) is 17.0 Å². The molecule has 0 radical (unpaired) electrons. The molecule has 10 heteroatoms. The Morgan fingerprint density at radius 1 is 1.10 bits per heavy atom. The number of hydrazone groups is 1. The standard InChI is InChI=1S/C21H20F3N3O4/c1-3-10-31-17-9-8-14(11-18(17)30-4-2)13-25-27-20(29)19(28)26-16-7-5-6-15(12-16)21(22,23)24/h3,5-9,11-13H,1,4,10H2,2H3,(H,26,28)(H,27,29). The number of amides is 2. The van der Waals surface area contributed by atoms with Crippen LogP contribution in [0.5, 0.6) is 11.5 Å². The van der Waals surface area contributed by atoms with Gasteiger partial charge in [-0.1, -0.05) is 18.7 Å². The van der Waals surface area contributed by atoms with Gasteiger partial charge in [-0.3, -0.25) is 9.59 Å². The van der Waals surface area contributed by atoms with Gasteiger partial charge in [-0.15, -0.1) is 0 Å². The summed E-state index contributed by atoms with van der Waals surface area (Å²) in [4.78, 5) is 23.7. The predicted octanol–water partition coefficient (Wildman–Crippen LogP) is 3.76. The van der Waals surface area contributed by atoms with Crippen LogP contribution >= 0.6 is 0 Å². The molecule has 0 spiro atoms. The van der Waals surface area contributed by atoms with Gasteiger partial charge in [0.2, 0.25) is 0 Å². The number of halogens is 3. The quantitative estimate of drug-likeness (QED) is 0.286. The second kappa shape index (κ2) is 10.8. The van der Waals surface area contributed by atoms with Gasteiger partial charge in [0.15, 0.2) is 11.5 Å². The molecule has 0 bridgehead atoms. The van der Waals surface area contributed by atoms with E-state index < -0.39 is 23.6 Å². The van der Waals surface area contributed by atoms with Crippen LogP contribution in [0.4, 0.5) is 18.9 Å². The van der Waals surface area contributed by atoms with Gasteiger partial charge in [-0.05, 0) is 48.9 Å². The maximum Gasteiger partial charge on any atom is 0.416 e. The van der Waals surface area contributed by atoms with Crippen LogP contribution in [0.1, 0.15) is 18.1 Å². The molecule has 0 saturated heterocycles. The zero-order valence-corrected chi connectivity index (χ0v) is 16.5. The molecular formula is C21H20F3N3O4. The number of rotatable bonds is 8. The van der Waals surface area contributed by atoms with Gasteiger partial charge in [-0.2, -0.15) is 18.3 Å². The first-order chi connectivity index (χ1) is 14.7. The van der Waals surface area contributed by atoms with Gasteiger partial charge < -0.3 is 14.8 Å². The Labute approximate surface area is 176 Å². The van der Waals surface area contributed by atoms with Crippen molar-refractivity contribution in [1.82, 2.24) is 5.43 Å². The molecule has 0 aliphatic carbocycles. The molecule has 2 rings (SSSR count). The van der Waals surface area contributed by atoms with Crippen molar-refractivity contribution in [3.63, 3.8) is 0 Å². The van der Waals surface area contributed by atoms with Crippen LogP contribution in [0.15, 0.2) is 60.2 Å². The molecule has 0 fully saturated rings. The van der Waals surface area contributed by atoms with Crippen LogP contribution in [0, 0.1) is 0 Å². The van der Waals surface area contributed by atoms with E-state index in [1.807, 2.05) is 5.43 Å². The summed E-state index contributed by atoms with van der Waals surface area (Å²) in [6.07, 6.45) is -1.71. The number of carbonyl (C=O) groups is 2. The van der Waals surface area contributed by atoms with Gasteiger partial charge in [0.1, 0.15) is 6.61 Å². The topological polar surface area (TPSA) is 89.0 Å². The normalized spacial score (nSPS) is 11.1. The molecule has 2 amide bonds. The molecule has 0 aromatic heterocycles. The van der Waals surface area contributed by atoms with Crippen molar-refractivity contribution in [1.29, 1.82) is 0 Å². The second-order valence-electron chi connectivity index (χ2n) is 5.97. The molecule has 31 heavy (non-hydrogen) atoms. The van der Waals surface area contributed by atoms with Crippen molar-refractivity contribution in [2.75, 3.05) is 18.5 Å². The van der Waals surface area contributed by atoms with Crippen molar-refractivity contribution in [3.05, 3.63) is 66.2 Å². The smallest absolute Gasteiger partial charge is 0.416 e. The Kier molecular flexibility index (Phi) is 8.18. The van der Waals surface area contributed by atoms with E-state index in [9.17, 15) is 22.8 Å². The van der Waals surface area contributed by atoms with Gasteiger partial charge in [-0.25, -0.2) is 5.43 Å². The molecule has 0 aliphatic heterocycles. The fourth-order valence-electron chi connectivity index (χ4n) is 2.32. The monoisotopic (exact) mass is 435 g/mol. The van der Waals surface area contributed by atoms with Crippen LogP contribution in [0.25, 0.3) is 0 Å². The van der Waals surface area contributed by atoms with Crippen LogP contribution in [-0.2, 0) is 15.8 Å². The van der Waals surface area contributed by atoms with Crippen molar-refractivity contribution in [3.8, 4) is 11.5 Å². The number of nitrogens with one attached hydrogen (secondary N) is 2. The third-order valence-corrected chi connectivity index (χ3v) is 3.66. The van der Waals surface area contributed by atoms with E-state index >= 15 is 0 Å². The molecule has 0 atom stereocenters. The Morgan fingerprint density at radius 2 is 1.87 bits per heavy atom. The van der Waals surface area contributed by atoms with E-state index in [4.69, 9.17) is 9.47 Å². The summed E-state index contributed by atoms with van der Waals surface area (Å²) in [6.45, 7) is 6.07. The first-order valence-electron chi connectivity index (χ1n) is 9.06. The summed E-state index contributed by atoms with van der Waals surface area (Å²) < 4.78 is 49.1. The van der Waals surface area contributed by atoms with Gasteiger partial charge in [0, 0.05) is 5.69 Å². The first kappa shape index (κ1) is 23.5. The predicted molar refractivity (Wildman–Crippen MR) is 109 cm³/mol. The SMILES string of the molecule is C=CCOc1ccc(C=NNC(=O)C(=O)Nc2cccc(C(F)(F)F)c2)cc1OCC. The molecule has 0 heterocycles. The highest BCUT2D eigenvalue weighted by Crippen LogP contribution is 2.30. The summed E-state index contributed by atoms with van der Waals surface area (Å²) in [5.74, 6) is -1.35. The molecule has 0 saturated carbocycles. The summed E-state index contributed by atoms with van der Waals surface area (Å²) in [6, 6.07) is 8.85. The highest BCUT2D eigenvalue weighted by Gasteiger charge is 2.30. The molecule has 2 N–H and O–H groups in total. The summed E-state index contributed by atoms with van der Waals surface area (Å²) >= 11 is 0. The molecule has 164 valence electrons. The van der Waals surface area contributed by atoms with E-state index in [1.54, 1.807) is 31.2 Å². The van der Waals surface area contributed by atoms with Gasteiger partial charge >= 0.3 is 18.0 Å². The Hall–Kier alpha value is -3.82. The number of carbonyl (C=O) groups excluding carboxylic acids is 2. The number of ether oxygens (including phenoxy) is 2. The average molecular weight is 435 g/mol. The third kappa shape index (κ3) is 7.18. The average Bonchev–Trinajstić information content (AvgIpc) is 2.73. The van der Waals surface area contributed by atoms with Crippen molar-refractivity contribution < 1.29 is 32.2 Å². The van der Waals surface area contributed by atoms with Crippen molar-refractivity contribution in [2.45, 2.75) is 13.1 Å². The summed E-state index contributed by atoms with van der Waals surface area (Å²) in [5.41, 5.74) is 1.44. The highest BCUT2D eigenvalue weighted by molar-refractivity contribution is 6.39. The molecule has 2 aromatic carbocycles. The number of hydrogen-bond donors (Lipinski definition) is 2. The lowest BCUT2D eigenvalue weighted by Gasteiger charge is -2.11. The molecule has 7 nitrogen and oxygen atoms in total. The highest BCUT2D eigenvalue weighted by atomic mass is 19.4. The lowest BCUT2D eigenvalue weighted by atomic mass is 10.2. The van der Waals surface area contributed by atoms with E-state index in [1.165, 1.54) is 12.3 Å². The number of hydrogen-bond acceptors (Lipinski definition) is 5. The Balaban J connectivity index is 1.99. The van der Waals surface area contributed by atoms with E-state index in [0.717, 1.165) is 18.2 Å². The second-order valence-corrected chi connectivity index (χ2v) is 5.97. The van der Waals surface area contributed by atoms with Gasteiger partial charge in [0.05, 0.1) is 18.4 Å². The van der Waals surface area contributed by atoms with Crippen LogP contribution in [0.3, 0.4) is 0 Å². The van der Waals surface area contributed by atoms with Crippen molar-refractivity contribution in [2.24, 2.45) is 5.10 Å². The minimum absolute atomic E-state index is 0.171. The largest absolute Gasteiger partial charge is 0.490 e. The molecule has 2 aromatic rings. The lowest BCUT2D eigenvalue weighted by molar-refractivity contribution is -0.137. The minimum atomic E-state index is -4.57. The number of benzene rings is 2. The molecule has 0 aliphatic rings. The maximum absolute atomic E-state index is 12.7. The van der Waals surface area contributed by atoms with Gasteiger partial charge in [0.25, 0.3) is 0 Å². The fourth-order valence-corrected chi connectivity index (χ4v) is 2.32. The summed E-state index contributed by atoms with van der Waals surface area (Å²) in [7, 11) is 0. The number of alkyl halides is 3. The minimum Gasteiger partial charge on any atom is -0.490 e. The van der Waals surface area contributed by atoms with E-state index in [0.29, 0.717) is 30.3 Å². The number of nitrogens with zero attached hydrogens (tertiary/aromatic N) is 1. The van der Waals surface area contributed by atoms with Crippen LogP contribution < -0.4 is 20.2 Å². The zero-order valence-electron chi connectivity index (χ0n) is 16.5. The molecule has 0 unspecified atom stereocenters. The third-order valence-electron chi connectivity index (χ3n) is 3.66. The van der Waals surface area contributed by atoms with E-state index in [-0.39, 0.29) is 5.69 Å². The Morgan fingerprint density at radius 3 is 2.55 bits per heavy atom. The van der Waals surface area contributed by atoms with Crippen LogP contribution in [-0.4, -0.2) is 31.2 Å². The van der Waals surface area contributed by atoms with Crippen molar-refractivity contribution >= 4 is 23.7 Å².